The molecule has 0 aliphatic rings. The van der Waals surface area contributed by atoms with Crippen molar-refractivity contribution < 1.29 is 4.74 Å². The lowest BCUT2D eigenvalue weighted by Crippen LogP contribution is -1.98. The summed E-state index contributed by atoms with van der Waals surface area (Å²) in [7, 11) is 0. The first kappa shape index (κ1) is 21.2. The largest absolute Gasteiger partial charge is 0.488 e. The molecule has 5 aromatic rings. The predicted octanol–water partition coefficient (Wildman–Crippen LogP) is 5.86. The zero-order valence-corrected chi connectivity index (χ0v) is 17.1. The van der Waals surface area contributed by atoms with Gasteiger partial charge in [0.2, 0.25) is 5.82 Å². The van der Waals surface area contributed by atoms with Gasteiger partial charge in [0.15, 0.2) is 0 Å². The lowest BCUT2D eigenvalue weighted by Gasteiger charge is -2.12. The minimum Gasteiger partial charge on any atom is -0.488 e. The van der Waals surface area contributed by atoms with E-state index in [9.17, 15) is 0 Å². The van der Waals surface area contributed by atoms with Crippen LogP contribution in [0.1, 0.15) is 25.6 Å². The molecule has 5 rings (SSSR count). The number of rotatable bonds is 6. The summed E-state index contributed by atoms with van der Waals surface area (Å²) in [5, 5.41) is 15.5. The standard InChI is InChI=1S/C25H21N5O.CH4/c1-2-19-15-24(22-9-5-6-10-23(22)26-19)31-16-17-11-13-18(14-12-17)20-7-3-4-8-21(20)25-27-29-30-28-25;/h3-15H,2,16H2,1H3,(H,27,28,29,30);1H4. The molecular weight excluding hydrogens is 398 g/mol. The fraction of sp³-hybridized carbons (Fsp3) is 0.154. The van der Waals surface area contributed by atoms with Crippen molar-refractivity contribution in [1.82, 2.24) is 25.6 Å². The van der Waals surface area contributed by atoms with E-state index in [1.165, 1.54) is 0 Å². The minimum atomic E-state index is 0. The second-order valence-electron chi connectivity index (χ2n) is 7.25. The van der Waals surface area contributed by atoms with Crippen molar-refractivity contribution in [3.05, 3.63) is 90.1 Å². The number of hydrogen-bond donors (Lipinski definition) is 1. The van der Waals surface area contributed by atoms with Crippen molar-refractivity contribution in [2.24, 2.45) is 0 Å². The first-order chi connectivity index (χ1) is 15.3. The average molecular weight is 424 g/mol. The van der Waals surface area contributed by atoms with E-state index in [2.05, 4.69) is 68.9 Å². The fourth-order valence-electron chi connectivity index (χ4n) is 3.64. The quantitative estimate of drug-likeness (QED) is 0.370. The third-order valence-electron chi connectivity index (χ3n) is 5.27. The molecule has 0 saturated heterocycles. The van der Waals surface area contributed by atoms with Crippen LogP contribution in [0, 0.1) is 0 Å². The van der Waals surface area contributed by atoms with Gasteiger partial charge in [-0.05, 0) is 40.5 Å². The van der Waals surface area contributed by atoms with Crippen molar-refractivity contribution in [3.63, 3.8) is 0 Å². The average Bonchev–Trinajstić information content (AvgIpc) is 3.37. The Morgan fingerprint density at radius 3 is 2.38 bits per heavy atom. The highest BCUT2D eigenvalue weighted by Crippen LogP contribution is 2.30. The summed E-state index contributed by atoms with van der Waals surface area (Å²) in [4.78, 5) is 4.69. The van der Waals surface area contributed by atoms with Crippen LogP contribution >= 0.6 is 0 Å². The molecule has 32 heavy (non-hydrogen) atoms. The molecule has 0 aliphatic carbocycles. The fourth-order valence-corrected chi connectivity index (χ4v) is 3.64. The molecular formula is C26H25N5O. The van der Waals surface area contributed by atoms with E-state index < -0.39 is 0 Å². The molecule has 0 spiro atoms. The third kappa shape index (κ3) is 4.21. The summed E-state index contributed by atoms with van der Waals surface area (Å²) in [5.41, 5.74) is 6.18. The molecule has 0 bridgehead atoms. The maximum Gasteiger partial charge on any atom is 0.205 e. The Hall–Kier alpha value is -4.06. The Morgan fingerprint density at radius 1 is 0.875 bits per heavy atom. The molecule has 0 unspecified atom stereocenters. The maximum atomic E-state index is 6.20. The third-order valence-corrected chi connectivity index (χ3v) is 5.27. The topological polar surface area (TPSA) is 76.6 Å². The Balaban J connectivity index is 0.00000245. The summed E-state index contributed by atoms with van der Waals surface area (Å²) in [5.74, 6) is 1.45. The number of fused-ring (bicyclic) bond motifs is 1. The molecule has 6 nitrogen and oxygen atoms in total. The summed E-state index contributed by atoms with van der Waals surface area (Å²) in [6, 6.07) is 26.5. The summed E-state index contributed by atoms with van der Waals surface area (Å²) < 4.78 is 6.20. The number of H-pyrrole nitrogens is 1. The number of aromatic amines is 1. The van der Waals surface area contributed by atoms with Gasteiger partial charge in [-0.3, -0.25) is 4.98 Å². The zero-order valence-electron chi connectivity index (χ0n) is 17.1. The number of pyridine rings is 1. The highest BCUT2D eigenvalue weighted by molar-refractivity contribution is 5.85. The summed E-state index contributed by atoms with van der Waals surface area (Å²) >= 11 is 0. The maximum absolute atomic E-state index is 6.20. The summed E-state index contributed by atoms with van der Waals surface area (Å²) in [6.45, 7) is 2.59. The van der Waals surface area contributed by atoms with Crippen LogP contribution in [0.15, 0.2) is 78.9 Å². The molecule has 6 heteroatoms. The van der Waals surface area contributed by atoms with Crippen molar-refractivity contribution in [3.8, 4) is 28.3 Å². The number of para-hydroxylation sites is 1. The molecule has 0 saturated carbocycles. The minimum absolute atomic E-state index is 0. The summed E-state index contributed by atoms with van der Waals surface area (Å²) in [6.07, 6.45) is 0.871. The molecule has 0 amide bonds. The molecule has 160 valence electrons. The van der Waals surface area contributed by atoms with E-state index in [-0.39, 0.29) is 7.43 Å². The number of nitrogens with zero attached hydrogens (tertiary/aromatic N) is 4. The van der Waals surface area contributed by atoms with Crippen LogP contribution in [0.5, 0.6) is 5.75 Å². The van der Waals surface area contributed by atoms with Crippen molar-refractivity contribution in [1.29, 1.82) is 0 Å². The second-order valence-corrected chi connectivity index (χ2v) is 7.25. The van der Waals surface area contributed by atoms with Crippen LogP contribution in [0.4, 0.5) is 0 Å². The van der Waals surface area contributed by atoms with Gasteiger partial charge in [0.25, 0.3) is 0 Å². The van der Waals surface area contributed by atoms with Gasteiger partial charge in [0, 0.05) is 22.7 Å². The molecule has 2 heterocycles. The second kappa shape index (κ2) is 9.39. The molecule has 0 atom stereocenters. The van der Waals surface area contributed by atoms with Crippen molar-refractivity contribution in [2.45, 2.75) is 27.4 Å². The number of hydrogen-bond acceptors (Lipinski definition) is 5. The number of nitrogens with one attached hydrogen (secondary N) is 1. The van der Waals surface area contributed by atoms with E-state index in [1.807, 2.05) is 42.5 Å². The Labute approximate surface area is 187 Å². The molecule has 1 N–H and O–H groups in total. The van der Waals surface area contributed by atoms with Gasteiger partial charge >= 0.3 is 0 Å². The normalized spacial score (nSPS) is 10.7. The van der Waals surface area contributed by atoms with E-state index >= 15 is 0 Å². The van der Waals surface area contributed by atoms with Gasteiger partial charge in [-0.1, -0.05) is 75.0 Å². The number of ether oxygens (including phenoxy) is 1. The van der Waals surface area contributed by atoms with E-state index in [1.54, 1.807) is 0 Å². The molecule has 0 radical (unpaired) electrons. The van der Waals surface area contributed by atoms with E-state index in [0.29, 0.717) is 12.4 Å². The van der Waals surface area contributed by atoms with Crippen LogP contribution in [0.3, 0.4) is 0 Å². The molecule has 3 aromatic carbocycles. The van der Waals surface area contributed by atoms with Crippen molar-refractivity contribution in [2.75, 3.05) is 0 Å². The smallest absolute Gasteiger partial charge is 0.205 e. The van der Waals surface area contributed by atoms with Gasteiger partial charge in [-0.25, -0.2) is 0 Å². The molecule has 0 fully saturated rings. The van der Waals surface area contributed by atoms with Crippen LogP contribution in [0.2, 0.25) is 0 Å². The van der Waals surface area contributed by atoms with Crippen LogP contribution in [-0.4, -0.2) is 25.6 Å². The Bertz CT molecular complexity index is 1310. The molecule has 0 aliphatic heterocycles. The lowest BCUT2D eigenvalue weighted by atomic mass is 9.98. The first-order valence-electron chi connectivity index (χ1n) is 10.3. The van der Waals surface area contributed by atoms with E-state index in [4.69, 9.17) is 4.74 Å². The van der Waals surface area contributed by atoms with E-state index in [0.717, 1.165) is 51.0 Å². The zero-order chi connectivity index (χ0) is 21.0. The highest BCUT2D eigenvalue weighted by Gasteiger charge is 2.11. The first-order valence-corrected chi connectivity index (χ1v) is 10.3. The lowest BCUT2D eigenvalue weighted by molar-refractivity contribution is 0.309. The van der Waals surface area contributed by atoms with Gasteiger partial charge in [-0.15, -0.1) is 10.2 Å². The number of benzene rings is 3. The van der Waals surface area contributed by atoms with Crippen LogP contribution < -0.4 is 4.74 Å². The van der Waals surface area contributed by atoms with Crippen molar-refractivity contribution >= 4 is 10.9 Å². The number of aryl methyl sites for hydroxylation is 1. The number of tetrazole rings is 1. The predicted molar refractivity (Wildman–Crippen MR) is 127 cm³/mol. The monoisotopic (exact) mass is 423 g/mol. The highest BCUT2D eigenvalue weighted by atomic mass is 16.5. The Morgan fingerprint density at radius 2 is 1.62 bits per heavy atom. The van der Waals surface area contributed by atoms with Crippen LogP contribution in [-0.2, 0) is 13.0 Å². The SMILES string of the molecule is C.CCc1cc(OCc2ccc(-c3ccccc3-c3nn[nH]n3)cc2)c2ccccc2n1. The Kier molecular flexibility index (Phi) is 6.22. The van der Waals surface area contributed by atoms with Crippen LogP contribution in [0.25, 0.3) is 33.4 Å². The molecule has 2 aromatic heterocycles. The number of aromatic nitrogens is 5. The van der Waals surface area contributed by atoms with Gasteiger partial charge in [0.1, 0.15) is 12.4 Å². The van der Waals surface area contributed by atoms with Gasteiger partial charge in [-0.2, -0.15) is 5.21 Å². The van der Waals surface area contributed by atoms with Gasteiger partial charge in [0.05, 0.1) is 5.52 Å². The van der Waals surface area contributed by atoms with Gasteiger partial charge < -0.3 is 4.74 Å².